The maximum Gasteiger partial charge on any atom is 0.353 e. The number of rotatable bonds is 7. The number of carbonyl (C=O) groups is 2. The predicted molar refractivity (Wildman–Crippen MR) is 82.2 cm³/mol. The molecule has 1 saturated heterocycles. The Morgan fingerprint density at radius 1 is 1.57 bits per heavy atom. The first-order valence-corrected chi connectivity index (χ1v) is 8.82. The molecule has 3 rings (SSSR count). The van der Waals surface area contributed by atoms with Crippen LogP contribution in [0.25, 0.3) is 0 Å². The van der Waals surface area contributed by atoms with Crippen molar-refractivity contribution in [2.45, 2.75) is 23.4 Å². The smallest absolute Gasteiger partial charge is 0.353 e. The first kappa shape index (κ1) is 16.3. The van der Waals surface area contributed by atoms with Gasteiger partial charge in [-0.3, -0.25) is 9.69 Å². The number of aryl methyl sites for hydroxylation is 1. The maximum absolute atomic E-state index is 12.4. The van der Waals surface area contributed by atoms with E-state index in [1.807, 2.05) is 0 Å². The second-order valence-corrected chi connectivity index (χ2v) is 7.34. The van der Waals surface area contributed by atoms with E-state index in [1.165, 1.54) is 33.8 Å². The van der Waals surface area contributed by atoms with Crippen LogP contribution in [0.5, 0.6) is 0 Å². The number of carboxylic acids is 1. The minimum absolute atomic E-state index is 0.00592. The van der Waals surface area contributed by atoms with E-state index in [4.69, 9.17) is 5.11 Å². The average molecular weight is 357 g/mol. The summed E-state index contributed by atoms with van der Waals surface area (Å²) in [5.74, 6) is -0.723. The SMILES string of the molecule is Cn1nnnc1SCCC[C@]1(CO)C(=O)N2C(C(=O)O)=CS[C@@H]21. The van der Waals surface area contributed by atoms with Gasteiger partial charge in [-0.25, -0.2) is 9.48 Å². The molecule has 1 fully saturated rings. The van der Waals surface area contributed by atoms with Crippen molar-refractivity contribution in [3.05, 3.63) is 11.1 Å². The molecule has 1 aromatic heterocycles. The average Bonchev–Trinajstić information content (AvgIpc) is 3.12. The zero-order chi connectivity index (χ0) is 16.6. The normalized spacial score (nSPS) is 26.0. The highest BCUT2D eigenvalue weighted by atomic mass is 32.2. The van der Waals surface area contributed by atoms with Gasteiger partial charge in [0.2, 0.25) is 11.1 Å². The van der Waals surface area contributed by atoms with Gasteiger partial charge >= 0.3 is 5.97 Å². The molecule has 1 amide bonds. The monoisotopic (exact) mass is 357 g/mol. The summed E-state index contributed by atoms with van der Waals surface area (Å²) in [7, 11) is 1.75. The van der Waals surface area contributed by atoms with Crippen LogP contribution in [0.15, 0.2) is 16.3 Å². The number of carboxylic acid groups (broad SMARTS) is 1. The van der Waals surface area contributed by atoms with Crippen LogP contribution in [0.4, 0.5) is 0 Å². The summed E-state index contributed by atoms with van der Waals surface area (Å²) < 4.78 is 1.57. The molecule has 0 bridgehead atoms. The Kier molecular flexibility index (Phi) is 4.34. The summed E-state index contributed by atoms with van der Waals surface area (Å²) in [6.07, 6.45) is 1.19. The van der Waals surface area contributed by atoms with Crippen molar-refractivity contribution in [1.82, 2.24) is 25.1 Å². The number of hydrogen-bond acceptors (Lipinski definition) is 8. The summed E-state index contributed by atoms with van der Waals surface area (Å²) in [4.78, 5) is 24.8. The molecule has 9 nitrogen and oxygen atoms in total. The van der Waals surface area contributed by atoms with Crippen molar-refractivity contribution in [3.63, 3.8) is 0 Å². The third-order valence-corrected chi connectivity index (χ3v) is 6.38. The standard InChI is InChI=1S/C12H15N5O4S2/c1-16-11(13-14-15-16)22-4-2-3-12(6-18)9(21)17-7(8(19)20)5-23-10(12)17/h5,10,18H,2-4,6H2,1H3,(H,19,20)/t10-,12+/m1/s1. The van der Waals surface area contributed by atoms with Crippen LogP contribution in [0, 0.1) is 5.41 Å². The molecule has 2 aliphatic heterocycles. The fraction of sp³-hybridized carbons (Fsp3) is 0.583. The number of amides is 1. The zero-order valence-electron chi connectivity index (χ0n) is 12.2. The van der Waals surface area contributed by atoms with Crippen molar-refractivity contribution in [2.75, 3.05) is 12.4 Å². The van der Waals surface area contributed by atoms with Crippen molar-refractivity contribution >= 4 is 35.4 Å². The van der Waals surface area contributed by atoms with Gasteiger partial charge in [0.25, 0.3) is 0 Å². The lowest BCUT2D eigenvalue weighted by atomic mass is 9.75. The molecule has 3 heterocycles. The van der Waals surface area contributed by atoms with Gasteiger partial charge in [0.05, 0.1) is 6.61 Å². The van der Waals surface area contributed by atoms with Crippen molar-refractivity contribution in [1.29, 1.82) is 0 Å². The lowest BCUT2D eigenvalue weighted by Crippen LogP contribution is -2.67. The summed E-state index contributed by atoms with van der Waals surface area (Å²) in [5.41, 5.74) is -0.898. The molecular weight excluding hydrogens is 342 g/mol. The zero-order valence-corrected chi connectivity index (χ0v) is 13.9. The number of aromatic nitrogens is 4. The molecule has 11 heteroatoms. The highest BCUT2D eigenvalue weighted by molar-refractivity contribution is 8.03. The van der Waals surface area contributed by atoms with Gasteiger partial charge in [-0.1, -0.05) is 11.8 Å². The topological polar surface area (TPSA) is 121 Å². The minimum atomic E-state index is -1.12. The number of thioether (sulfide) groups is 2. The Morgan fingerprint density at radius 3 is 2.96 bits per heavy atom. The molecule has 0 aliphatic carbocycles. The van der Waals surface area contributed by atoms with E-state index in [-0.39, 0.29) is 23.6 Å². The Labute approximate surface area is 140 Å². The number of hydrogen-bond donors (Lipinski definition) is 2. The van der Waals surface area contributed by atoms with E-state index < -0.39 is 11.4 Å². The highest BCUT2D eigenvalue weighted by Crippen LogP contribution is 2.54. The fourth-order valence-corrected chi connectivity index (χ4v) is 4.89. The molecule has 0 saturated carbocycles. The number of carbonyl (C=O) groups excluding carboxylic acids is 1. The number of aliphatic hydroxyl groups excluding tert-OH is 1. The molecule has 23 heavy (non-hydrogen) atoms. The van der Waals surface area contributed by atoms with E-state index >= 15 is 0 Å². The molecule has 0 radical (unpaired) electrons. The van der Waals surface area contributed by atoms with E-state index in [9.17, 15) is 14.7 Å². The van der Waals surface area contributed by atoms with Crippen LogP contribution in [-0.4, -0.2) is 64.9 Å². The highest BCUT2D eigenvalue weighted by Gasteiger charge is 2.63. The Hall–Kier alpha value is -1.59. The van der Waals surface area contributed by atoms with Crippen LogP contribution < -0.4 is 0 Å². The molecule has 0 spiro atoms. The van der Waals surface area contributed by atoms with Gasteiger partial charge in [-0.05, 0) is 23.3 Å². The predicted octanol–water partition coefficient (Wildman–Crippen LogP) is -0.0978. The maximum atomic E-state index is 12.4. The van der Waals surface area contributed by atoms with Gasteiger partial charge in [0.15, 0.2) is 0 Å². The van der Waals surface area contributed by atoms with Crippen LogP contribution in [0.3, 0.4) is 0 Å². The molecule has 2 atom stereocenters. The molecule has 0 aromatic carbocycles. The first-order valence-electron chi connectivity index (χ1n) is 6.90. The summed E-state index contributed by atoms with van der Waals surface area (Å²) >= 11 is 2.76. The lowest BCUT2D eigenvalue weighted by Gasteiger charge is -2.51. The Morgan fingerprint density at radius 2 is 2.35 bits per heavy atom. The van der Waals surface area contributed by atoms with E-state index in [1.54, 1.807) is 11.7 Å². The van der Waals surface area contributed by atoms with Gasteiger partial charge in [-0.2, -0.15) is 0 Å². The molecule has 1 aromatic rings. The van der Waals surface area contributed by atoms with Gasteiger partial charge in [0.1, 0.15) is 16.5 Å². The van der Waals surface area contributed by atoms with Crippen LogP contribution in [-0.2, 0) is 16.6 Å². The number of aliphatic hydroxyl groups is 1. The van der Waals surface area contributed by atoms with E-state index in [2.05, 4.69) is 15.5 Å². The van der Waals surface area contributed by atoms with Crippen LogP contribution in [0.1, 0.15) is 12.8 Å². The van der Waals surface area contributed by atoms with Crippen LogP contribution >= 0.6 is 23.5 Å². The Bertz CT molecular complexity index is 678. The fourth-order valence-electron chi connectivity index (χ4n) is 2.75. The van der Waals surface area contributed by atoms with Gasteiger partial charge in [0, 0.05) is 18.2 Å². The summed E-state index contributed by atoms with van der Waals surface area (Å²) in [6, 6.07) is 0. The number of tetrazole rings is 1. The Balaban J connectivity index is 1.58. The quantitative estimate of drug-likeness (QED) is 0.391. The summed E-state index contributed by atoms with van der Waals surface area (Å²) in [5, 5.41) is 31.8. The summed E-state index contributed by atoms with van der Waals surface area (Å²) in [6.45, 7) is -0.281. The van der Waals surface area contributed by atoms with E-state index in [0.29, 0.717) is 23.8 Å². The molecule has 2 aliphatic rings. The molecule has 2 N–H and O–H groups in total. The van der Waals surface area contributed by atoms with Crippen LogP contribution in [0.2, 0.25) is 0 Å². The molecule has 0 unspecified atom stereocenters. The lowest BCUT2D eigenvalue weighted by molar-refractivity contribution is -0.167. The number of nitrogens with zero attached hydrogens (tertiary/aromatic N) is 5. The first-order chi connectivity index (χ1) is 11.0. The number of aliphatic carboxylic acids is 1. The van der Waals surface area contributed by atoms with Crippen molar-refractivity contribution in [3.8, 4) is 0 Å². The molecule has 124 valence electrons. The third kappa shape index (κ3) is 2.52. The van der Waals surface area contributed by atoms with Gasteiger partial charge < -0.3 is 10.2 Å². The third-order valence-electron chi connectivity index (χ3n) is 4.00. The number of β-lactam (4-membered cyclic amide) rings is 1. The number of fused-ring (bicyclic) bond motifs is 1. The molecular formula is C12H15N5O4S2. The van der Waals surface area contributed by atoms with Crippen molar-refractivity contribution < 1.29 is 19.8 Å². The van der Waals surface area contributed by atoms with Crippen molar-refractivity contribution in [2.24, 2.45) is 12.5 Å². The second-order valence-electron chi connectivity index (χ2n) is 5.32. The largest absolute Gasteiger partial charge is 0.477 e. The van der Waals surface area contributed by atoms with Gasteiger partial charge in [-0.15, -0.1) is 16.9 Å². The second kappa shape index (κ2) is 6.13. The van der Waals surface area contributed by atoms with E-state index in [0.717, 1.165) is 0 Å². The minimum Gasteiger partial charge on any atom is -0.477 e.